The van der Waals surface area contributed by atoms with Crippen LogP contribution in [0, 0.1) is 0 Å². The van der Waals surface area contributed by atoms with Gasteiger partial charge in [-0.1, -0.05) is 30.3 Å². The lowest BCUT2D eigenvalue weighted by atomic mass is 9.72. The van der Waals surface area contributed by atoms with E-state index in [1.165, 1.54) is 11.1 Å². The van der Waals surface area contributed by atoms with E-state index in [0.29, 0.717) is 6.42 Å². The second-order valence-corrected chi connectivity index (χ2v) is 9.59. The average molecular weight is 437 g/mol. The maximum Gasteiger partial charge on any atom is 0.225 e. The van der Waals surface area contributed by atoms with E-state index in [4.69, 9.17) is 4.74 Å². The molecule has 2 aromatic heterocycles. The number of benzene rings is 1. The van der Waals surface area contributed by atoms with Crippen LogP contribution < -0.4 is 5.32 Å². The van der Waals surface area contributed by atoms with E-state index in [1.54, 1.807) is 24.6 Å². The van der Waals surface area contributed by atoms with E-state index in [9.17, 15) is 4.79 Å². The van der Waals surface area contributed by atoms with Crippen LogP contribution in [0.2, 0.25) is 0 Å². The molecule has 0 saturated carbocycles. The lowest BCUT2D eigenvalue weighted by Gasteiger charge is -2.44. The zero-order valence-electron chi connectivity index (χ0n) is 17.7. The molecule has 1 aliphatic heterocycles. The number of nitrogens with zero attached hydrogens (tertiary/aromatic N) is 2. The predicted molar refractivity (Wildman–Crippen MR) is 121 cm³/mol. The lowest BCUT2D eigenvalue weighted by molar-refractivity contribution is -0.122. The highest BCUT2D eigenvalue weighted by molar-refractivity contribution is 7.10. The fraction of sp³-hybridized carbons (Fsp3) is 0.417. The molecule has 0 bridgehead atoms. The number of ether oxygens (including phenoxy) is 1. The number of amides is 1. The molecule has 3 aromatic rings. The number of rotatable bonds is 6. The summed E-state index contributed by atoms with van der Waals surface area (Å²) in [6, 6.07) is 14.5. The first kappa shape index (κ1) is 20.4. The number of thiophene rings is 1. The van der Waals surface area contributed by atoms with Gasteiger partial charge in [-0.2, -0.15) is 5.10 Å². The molecule has 2 aliphatic rings. The number of aromatic amines is 1. The zero-order valence-corrected chi connectivity index (χ0v) is 18.5. The number of nitrogens with one attached hydrogen (secondary N) is 2. The van der Waals surface area contributed by atoms with E-state index in [0.717, 1.165) is 43.0 Å². The molecule has 3 heterocycles. The Morgan fingerprint density at radius 3 is 2.81 bits per heavy atom. The van der Waals surface area contributed by atoms with E-state index >= 15 is 0 Å². The van der Waals surface area contributed by atoms with Crippen molar-refractivity contribution >= 4 is 17.2 Å². The third-order valence-electron chi connectivity index (χ3n) is 6.87. The van der Waals surface area contributed by atoms with E-state index in [-0.39, 0.29) is 23.5 Å². The number of hydrogen-bond donors (Lipinski definition) is 2. The summed E-state index contributed by atoms with van der Waals surface area (Å²) in [5, 5.41) is 12.5. The quantitative estimate of drug-likeness (QED) is 0.621. The highest BCUT2D eigenvalue weighted by atomic mass is 32.1. The van der Waals surface area contributed by atoms with Crippen LogP contribution in [0.1, 0.15) is 40.6 Å². The third kappa shape index (κ3) is 3.82. The Hall–Kier alpha value is -2.48. The molecular weight excluding hydrogens is 408 g/mol. The summed E-state index contributed by atoms with van der Waals surface area (Å²) in [4.78, 5) is 16.4. The molecule has 1 fully saturated rings. The van der Waals surface area contributed by atoms with Gasteiger partial charge in [0.05, 0.1) is 18.6 Å². The molecule has 2 N–H and O–H groups in total. The summed E-state index contributed by atoms with van der Waals surface area (Å²) in [5.41, 5.74) is 3.61. The smallest absolute Gasteiger partial charge is 0.225 e. The molecule has 0 radical (unpaired) electrons. The summed E-state index contributed by atoms with van der Waals surface area (Å²) in [6.07, 6.45) is 4.17. The van der Waals surface area contributed by atoms with Gasteiger partial charge in [-0.3, -0.25) is 14.8 Å². The van der Waals surface area contributed by atoms with E-state index in [2.05, 4.69) is 44.7 Å². The maximum atomic E-state index is 12.9. The summed E-state index contributed by atoms with van der Waals surface area (Å²) in [6.45, 7) is 2.86. The van der Waals surface area contributed by atoms with Crippen molar-refractivity contribution in [1.29, 1.82) is 0 Å². The van der Waals surface area contributed by atoms with Crippen LogP contribution in [0.5, 0.6) is 0 Å². The molecule has 1 spiro atoms. The largest absolute Gasteiger partial charge is 0.378 e. The number of carbonyl (C=O) groups is 1. The van der Waals surface area contributed by atoms with Crippen LogP contribution in [-0.4, -0.2) is 47.3 Å². The number of aromatic nitrogens is 2. The van der Waals surface area contributed by atoms with Crippen molar-refractivity contribution in [1.82, 2.24) is 20.4 Å². The van der Waals surface area contributed by atoms with Crippen LogP contribution in [0.25, 0.3) is 0 Å². The van der Waals surface area contributed by atoms with E-state index in [1.807, 2.05) is 23.6 Å². The Kier molecular flexibility index (Phi) is 5.65. The summed E-state index contributed by atoms with van der Waals surface area (Å²) < 4.78 is 6.13. The molecule has 1 amide bonds. The summed E-state index contributed by atoms with van der Waals surface area (Å²) in [5.74, 6) is 0.0537. The molecule has 0 unspecified atom stereocenters. The molecule has 1 aliphatic carbocycles. The van der Waals surface area contributed by atoms with Crippen LogP contribution in [0.15, 0.2) is 54.0 Å². The molecular formula is C24H28N4O2S. The monoisotopic (exact) mass is 436 g/mol. The number of H-pyrrole nitrogens is 1. The lowest BCUT2D eigenvalue weighted by Crippen LogP contribution is -2.50. The zero-order chi connectivity index (χ0) is 21.3. The van der Waals surface area contributed by atoms with Crippen LogP contribution >= 0.6 is 11.3 Å². The third-order valence-corrected chi connectivity index (χ3v) is 7.74. The van der Waals surface area contributed by atoms with Crippen molar-refractivity contribution in [2.75, 3.05) is 20.2 Å². The molecule has 31 heavy (non-hydrogen) atoms. The van der Waals surface area contributed by atoms with Gasteiger partial charge in [0, 0.05) is 35.8 Å². The Morgan fingerprint density at radius 1 is 1.26 bits per heavy atom. The van der Waals surface area contributed by atoms with Gasteiger partial charge >= 0.3 is 0 Å². The normalized spacial score (nSPS) is 22.5. The van der Waals surface area contributed by atoms with Gasteiger partial charge in [-0.05, 0) is 54.6 Å². The predicted octanol–water partition coefficient (Wildman–Crippen LogP) is 3.43. The van der Waals surface area contributed by atoms with Gasteiger partial charge in [0.2, 0.25) is 5.91 Å². The summed E-state index contributed by atoms with van der Waals surface area (Å²) >= 11 is 1.62. The number of fused-ring (bicyclic) bond motifs is 2. The van der Waals surface area contributed by atoms with Gasteiger partial charge in [0.1, 0.15) is 0 Å². The van der Waals surface area contributed by atoms with Gasteiger partial charge in [0.15, 0.2) is 0 Å². The van der Waals surface area contributed by atoms with Crippen LogP contribution in [0.3, 0.4) is 0 Å². The molecule has 2 atom stereocenters. The molecule has 1 aromatic carbocycles. The van der Waals surface area contributed by atoms with Gasteiger partial charge in [-0.25, -0.2) is 0 Å². The second kappa shape index (κ2) is 8.57. The van der Waals surface area contributed by atoms with Crippen molar-refractivity contribution in [2.24, 2.45) is 0 Å². The fourth-order valence-corrected chi connectivity index (χ4v) is 6.15. The second-order valence-electron chi connectivity index (χ2n) is 8.56. The van der Waals surface area contributed by atoms with Gasteiger partial charge < -0.3 is 10.1 Å². The minimum atomic E-state index is -0.118. The van der Waals surface area contributed by atoms with Gasteiger partial charge in [0.25, 0.3) is 0 Å². The number of piperidine rings is 1. The van der Waals surface area contributed by atoms with E-state index < -0.39 is 0 Å². The number of hydrogen-bond acceptors (Lipinski definition) is 5. The molecule has 5 rings (SSSR count). The first-order chi connectivity index (χ1) is 15.2. The fourth-order valence-electron chi connectivity index (χ4n) is 5.45. The Balaban J connectivity index is 1.36. The molecule has 162 valence electrons. The molecule has 6 nitrogen and oxygen atoms in total. The Bertz CT molecular complexity index is 1010. The van der Waals surface area contributed by atoms with Crippen molar-refractivity contribution < 1.29 is 9.53 Å². The van der Waals surface area contributed by atoms with Crippen LogP contribution in [-0.2, 0) is 27.9 Å². The standard InChI is InChI=1S/C24H28N4O2S/c1-30-23-22(26-21(29)15-18-5-4-14-31-18)19-6-2-3-7-20(19)24(23)9-12-28(13-10-24)16-17-8-11-25-27-17/h2-8,11,14,22-23H,9-10,12-13,15-16H2,1H3,(H,25,27)(H,26,29)/t22-,23+/m0/s1. The first-order valence-electron chi connectivity index (χ1n) is 10.8. The number of likely N-dealkylation sites (tertiary alicyclic amines) is 1. The highest BCUT2D eigenvalue weighted by Gasteiger charge is 2.53. The minimum absolute atomic E-state index is 0.0537. The molecule has 7 heteroatoms. The average Bonchev–Trinajstić information content (AvgIpc) is 3.53. The van der Waals surface area contributed by atoms with Crippen molar-refractivity contribution in [2.45, 2.75) is 43.4 Å². The minimum Gasteiger partial charge on any atom is -0.378 e. The highest BCUT2D eigenvalue weighted by Crippen LogP contribution is 2.52. The maximum absolute atomic E-state index is 12.9. The first-order valence-corrected chi connectivity index (χ1v) is 11.7. The van der Waals surface area contributed by atoms with Gasteiger partial charge in [-0.15, -0.1) is 11.3 Å². The molecule has 1 saturated heterocycles. The van der Waals surface area contributed by atoms with Crippen molar-refractivity contribution in [3.8, 4) is 0 Å². The summed E-state index contributed by atoms with van der Waals surface area (Å²) in [7, 11) is 1.79. The Morgan fingerprint density at radius 2 is 2.10 bits per heavy atom. The SMILES string of the molecule is CO[C@@H]1[C@@H](NC(=O)Cc2cccs2)c2ccccc2C12CCN(Cc1ccn[nH]1)CC2. The number of methoxy groups -OCH3 is 1. The van der Waals surface area contributed by atoms with Crippen molar-refractivity contribution in [3.05, 3.63) is 75.7 Å². The Labute approximate surface area is 186 Å². The number of carbonyl (C=O) groups excluding carboxylic acids is 1. The van der Waals surface area contributed by atoms with Crippen molar-refractivity contribution in [3.63, 3.8) is 0 Å². The van der Waals surface area contributed by atoms with Crippen LogP contribution in [0.4, 0.5) is 0 Å². The topological polar surface area (TPSA) is 70.2 Å².